The minimum absolute atomic E-state index is 0.775. The zero-order chi connectivity index (χ0) is 11.8. The first-order chi connectivity index (χ1) is 8.25. The third kappa shape index (κ3) is 1.74. The van der Waals surface area contributed by atoms with Crippen LogP contribution in [0.1, 0.15) is 5.82 Å². The Balaban J connectivity index is 2.34. The van der Waals surface area contributed by atoms with Crippen molar-refractivity contribution in [3.05, 3.63) is 53.0 Å². The SMILES string of the molecule is Cc1ncn(-c2ccc(Br)c3ccccc23)n1. The Labute approximate surface area is 107 Å². The van der Waals surface area contributed by atoms with Crippen molar-refractivity contribution in [1.29, 1.82) is 0 Å². The summed E-state index contributed by atoms with van der Waals surface area (Å²) in [6.45, 7) is 1.89. The molecule has 0 bridgehead atoms. The van der Waals surface area contributed by atoms with Crippen LogP contribution in [-0.2, 0) is 0 Å². The molecule has 3 aromatic rings. The monoisotopic (exact) mass is 287 g/mol. The highest BCUT2D eigenvalue weighted by Gasteiger charge is 2.06. The average Bonchev–Trinajstić information content (AvgIpc) is 2.77. The molecule has 0 radical (unpaired) electrons. The van der Waals surface area contributed by atoms with Gasteiger partial charge in [-0.1, -0.05) is 40.2 Å². The van der Waals surface area contributed by atoms with E-state index in [2.05, 4.69) is 38.1 Å². The number of aromatic nitrogens is 3. The summed E-state index contributed by atoms with van der Waals surface area (Å²) in [5, 5.41) is 6.69. The van der Waals surface area contributed by atoms with Gasteiger partial charge in [0.25, 0.3) is 0 Å². The molecule has 0 saturated carbocycles. The molecule has 3 nitrogen and oxygen atoms in total. The molecule has 1 heterocycles. The van der Waals surface area contributed by atoms with E-state index in [1.807, 2.05) is 35.9 Å². The number of halogens is 1. The van der Waals surface area contributed by atoms with Gasteiger partial charge in [0.1, 0.15) is 12.2 Å². The van der Waals surface area contributed by atoms with E-state index in [0.717, 1.165) is 21.4 Å². The summed E-state index contributed by atoms with van der Waals surface area (Å²) in [6, 6.07) is 12.3. The van der Waals surface area contributed by atoms with Crippen molar-refractivity contribution in [3.8, 4) is 5.69 Å². The van der Waals surface area contributed by atoms with Gasteiger partial charge in [0.05, 0.1) is 5.69 Å². The van der Waals surface area contributed by atoms with Gasteiger partial charge in [0, 0.05) is 9.86 Å². The fourth-order valence-corrected chi connectivity index (χ4v) is 2.39. The second kappa shape index (κ2) is 3.96. The normalized spacial score (nSPS) is 10.9. The van der Waals surface area contributed by atoms with E-state index in [4.69, 9.17) is 0 Å². The summed E-state index contributed by atoms with van der Waals surface area (Å²) in [4.78, 5) is 4.16. The van der Waals surface area contributed by atoms with Crippen LogP contribution in [0.2, 0.25) is 0 Å². The van der Waals surface area contributed by atoms with Crippen molar-refractivity contribution in [3.63, 3.8) is 0 Å². The van der Waals surface area contributed by atoms with Crippen LogP contribution in [0.5, 0.6) is 0 Å². The summed E-state index contributed by atoms with van der Waals surface area (Å²) < 4.78 is 2.90. The van der Waals surface area contributed by atoms with Crippen molar-refractivity contribution in [2.75, 3.05) is 0 Å². The highest BCUT2D eigenvalue weighted by molar-refractivity contribution is 9.10. The molecule has 4 heteroatoms. The predicted molar refractivity (Wildman–Crippen MR) is 71.3 cm³/mol. The van der Waals surface area contributed by atoms with Crippen LogP contribution < -0.4 is 0 Å². The molecule has 0 aliphatic rings. The molecule has 17 heavy (non-hydrogen) atoms. The smallest absolute Gasteiger partial charge is 0.147 e. The molecule has 0 atom stereocenters. The van der Waals surface area contributed by atoms with Gasteiger partial charge in [-0.05, 0) is 24.4 Å². The molecule has 84 valence electrons. The zero-order valence-corrected chi connectivity index (χ0v) is 10.8. The standard InChI is InChI=1S/C13H10BrN3/c1-9-15-8-17(16-9)13-7-6-12(14)10-4-2-3-5-11(10)13/h2-8H,1H3. The lowest BCUT2D eigenvalue weighted by molar-refractivity contribution is 0.869. The van der Waals surface area contributed by atoms with Crippen molar-refractivity contribution in [2.24, 2.45) is 0 Å². The Morgan fingerprint density at radius 2 is 1.82 bits per heavy atom. The Morgan fingerprint density at radius 1 is 1.06 bits per heavy atom. The molecule has 3 rings (SSSR count). The molecule has 2 aromatic carbocycles. The van der Waals surface area contributed by atoms with E-state index in [1.54, 1.807) is 6.33 Å². The molecule has 0 amide bonds. The quantitative estimate of drug-likeness (QED) is 0.686. The predicted octanol–water partition coefficient (Wildman–Crippen LogP) is 3.49. The van der Waals surface area contributed by atoms with Crippen molar-refractivity contribution in [1.82, 2.24) is 14.8 Å². The number of hydrogen-bond donors (Lipinski definition) is 0. The van der Waals surface area contributed by atoms with E-state index in [9.17, 15) is 0 Å². The van der Waals surface area contributed by atoms with Gasteiger partial charge in [0.15, 0.2) is 0 Å². The van der Waals surface area contributed by atoms with Crippen LogP contribution in [0, 0.1) is 6.92 Å². The highest BCUT2D eigenvalue weighted by Crippen LogP contribution is 2.28. The lowest BCUT2D eigenvalue weighted by Gasteiger charge is -2.07. The zero-order valence-electron chi connectivity index (χ0n) is 9.26. The summed E-state index contributed by atoms with van der Waals surface area (Å²) in [7, 11) is 0. The highest BCUT2D eigenvalue weighted by atomic mass is 79.9. The van der Waals surface area contributed by atoms with Crippen molar-refractivity contribution < 1.29 is 0 Å². The Hall–Kier alpha value is -1.68. The molecule has 0 aliphatic carbocycles. The molecule has 0 saturated heterocycles. The van der Waals surface area contributed by atoms with E-state index in [1.165, 1.54) is 5.39 Å². The lowest BCUT2D eigenvalue weighted by Crippen LogP contribution is -1.96. The number of aryl methyl sites for hydroxylation is 1. The molecule has 0 fully saturated rings. The maximum atomic E-state index is 4.35. The van der Waals surface area contributed by atoms with Crippen LogP contribution in [0.3, 0.4) is 0 Å². The number of rotatable bonds is 1. The Kier molecular flexibility index (Phi) is 2.44. The molecular formula is C13H10BrN3. The van der Waals surface area contributed by atoms with Gasteiger partial charge in [-0.25, -0.2) is 9.67 Å². The maximum absolute atomic E-state index is 4.35. The Bertz CT molecular complexity index is 688. The second-order valence-electron chi connectivity index (χ2n) is 3.85. The third-order valence-electron chi connectivity index (χ3n) is 2.70. The number of benzene rings is 2. The first-order valence-corrected chi connectivity index (χ1v) is 6.11. The van der Waals surface area contributed by atoms with Gasteiger partial charge >= 0.3 is 0 Å². The van der Waals surface area contributed by atoms with Gasteiger partial charge in [0.2, 0.25) is 0 Å². The van der Waals surface area contributed by atoms with Crippen molar-refractivity contribution >= 4 is 26.7 Å². The summed E-state index contributed by atoms with van der Waals surface area (Å²) in [5.41, 5.74) is 1.05. The van der Waals surface area contributed by atoms with E-state index >= 15 is 0 Å². The molecule has 0 N–H and O–H groups in total. The molecular weight excluding hydrogens is 278 g/mol. The van der Waals surface area contributed by atoms with Gasteiger partial charge in [-0.3, -0.25) is 0 Å². The van der Waals surface area contributed by atoms with E-state index in [-0.39, 0.29) is 0 Å². The largest absolute Gasteiger partial charge is 0.220 e. The minimum Gasteiger partial charge on any atom is -0.220 e. The third-order valence-corrected chi connectivity index (χ3v) is 3.39. The van der Waals surface area contributed by atoms with Crippen LogP contribution in [0.25, 0.3) is 16.5 Å². The lowest BCUT2D eigenvalue weighted by atomic mass is 10.1. The average molecular weight is 288 g/mol. The Morgan fingerprint density at radius 3 is 2.53 bits per heavy atom. The van der Waals surface area contributed by atoms with E-state index < -0.39 is 0 Å². The second-order valence-corrected chi connectivity index (χ2v) is 4.70. The van der Waals surface area contributed by atoms with E-state index in [0.29, 0.717) is 0 Å². The molecule has 0 unspecified atom stereocenters. The van der Waals surface area contributed by atoms with Crippen LogP contribution in [0.4, 0.5) is 0 Å². The molecule has 0 aliphatic heterocycles. The van der Waals surface area contributed by atoms with Crippen molar-refractivity contribution in [2.45, 2.75) is 6.92 Å². The fourth-order valence-electron chi connectivity index (χ4n) is 1.91. The van der Waals surface area contributed by atoms with Crippen LogP contribution in [0.15, 0.2) is 47.2 Å². The fraction of sp³-hybridized carbons (Fsp3) is 0.0769. The number of hydrogen-bond acceptors (Lipinski definition) is 2. The first-order valence-electron chi connectivity index (χ1n) is 5.31. The molecule has 1 aromatic heterocycles. The number of fused-ring (bicyclic) bond motifs is 1. The summed E-state index contributed by atoms with van der Waals surface area (Å²) >= 11 is 3.56. The van der Waals surface area contributed by atoms with Crippen LogP contribution in [-0.4, -0.2) is 14.8 Å². The van der Waals surface area contributed by atoms with Gasteiger partial charge < -0.3 is 0 Å². The van der Waals surface area contributed by atoms with Crippen LogP contribution >= 0.6 is 15.9 Å². The first kappa shape index (κ1) is 10.5. The molecule has 0 spiro atoms. The summed E-state index contributed by atoms with van der Waals surface area (Å²) in [6.07, 6.45) is 1.74. The van der Waals surface area contributed by atoms with Gasteiger partial charge in [-0.15, -0.1) is 0 Å². The van der Waals surface area contributed by atoms with Gasteiger partial charge in [-0.2, -0.15) is 5.10 Å². The maximum Gasteiger partial charge on any atom is 0.147 e. The topological polar surface area (TPSA) is 30.7 Å². The summed E-state index contributed by atoms with van der Waals surface area (Å²) in [5.74, 6) is 0.775. The number of nitrogens with zero attached hydrogens (tertiary/aromatic N) is 3. The minimum atomic E-state index is 0.775.